The molecule has 0 N–H and O–H groups in total. The minimum absolute atomic E-state index is 0.194. The molecule has 150 valence electrons. The van der Waals surface area contributed by atoms with E-state index in [-0.39, 0.29) is 11.6 Å². The van der Waals surface area contributed by atoms with Gasteiger partial charge < -0.3 is 14.9 Å². The molecule has 0 spiro atoms. The number of rotatable bonds is 4. The van der Waals surface area contributed by atoms with E-state index in [1.807, 2.05) is 18.2 Å². The van der Waals surface area contributed by atoms with Crippen LogP contribution in [0.25, 0.3) is 11.1 Å². The first-order chi connectivity index (χ1) is 14.0. The van der Waals surface area contributed by atoms with Crippen molar-refractivity contribution in [3.8, 4) is 17.1 Å². The highest BCUT2D eigenvalue weighted by atomic mass is 19.1. The van der Waals surface area contributed by atoms with Crippen molar-refractivity contribution in [3.63, 3.8) is 0 Å². The maximum Gasteiger partial charge on any atom is 0.414 e. The minimum Gasteiger partial charge on any atom is -0.444 e. The molecule has 0 unspecified atom stereocenters. The fraction of sp³-hybridized carbons (Fsp3) is 0.286. The van der Waals surface area contributed by atoms with E-state index in [1.165, 1.54) is 12.3 Å². The minimum atomic E-state index is -0.511. The lowest BCUT2D eigenvalue weighted by Crippen LogP contribution is -2.33. The van der Waals surface area contributed by atoms with Gasteiger partial charge in [-0.05, 0) is 46.2 Å². The molecular formula is C21H21FN4O3. The van der Waals surface area contributed by atoms with E-state index in [9.17, 15) is 14.5 Å². The summed E-state index contributed by atoms with van der Waals surface area (Å²) in [6, 6.07) is 13.7. The Kier molecular flexibility index (Phi) is 5.26. The molecule has 1 aliphatic heterocycles. The van der Waals surface area contributed by atoms with Crippen molar-refractivity contribution in [2.45, 2.75) is 20.0 Å². The van der Waals surface area contributed by atoms with Crippen molar-refractivity contribution in [2.75, 3.05) is 19.7 Å². The highest BCUT2D eigenvalue weighted by molar-refractivity contribution is 5.64. The summed E-state index contributed by atoms with van der Waals surface area (Å²) in [5, 5.41) is 10.9. The van der Waals surface area contributed by atoms with Gasteiger partial charge in [-0.15, -0.1) is 0 Å². The fourth-order valence-corrected chi connectivity index (χ4v) is 3.42. The monoisotopic (exact) mass is 396 g/mol. The Labute approximate surface area is 167 Å². The number of halogens is 1. The van der Waals surface area contributed by atoms with E-state index < -0.39 is 4.92 Å². The summed E-state index contributed by atoms with van der Waals surface area (Å²) in [4.78, 5) is 16.5. The molecule has 1 aromatic heterocycles. The van der Waals surface area contributed by atoms with Crippen molar-refractivity contribution >= 4 is 5.82 Å². The number of aromatic nitrogens is 2. The molecule has 0 fully saturated rings. The molecule has 3 aromatic rings. The zero-order valence-electron chi connectivity index (χ0n) is 16.0. The summed E-state index contributed by atoms with van der Waals surface area (Å²) in [5.74, 6) is -0.392. The summed E-state index contributed by atoms with van der Waals surface area (Å²) in [5.41, 5.74) is 3.82. The van der Waals surface area contributed by atoms with Crippen LogP contribution >= 0.6 is 0 Å². The molecule has 0 amide bonds. The van der Waals surface area contributed by atoms with Gasteiger partial charge in [-0.2, -0.15) is 0 Å². The van der Waals surface area contributed by atoms with Gasteiger partial charge in [0.1, 0.15) is 18.6 Å². The largest absolute Gasteiger partial charge is 0.444 e. The van der Waals surface area contributed by atoms with Crippen molar-refractivity contribution in [1.29, 1.82) is 0 Å². The molecule has 2 heterocycles. The number of nitro groups is 1. The molecule has 4 rings (SSSR count). The van der Waals surface area contributed by atoms with Crippen LogP contribution in [-0.2, 0) is 13.1 Å². The Hall–Kier alpha value is -3.26. The average molecular weight is 396 g/mol. The number of nitrogens with zero attached hydrogens (tertiary/aromatic N) is 4. The van der Waals surface area contributed by atoms with Gasteiger partial charge in [0.2, 0.25) is 0 Å². The van der Waals surface area contributed by atoms with Crippen molar-refractivity contribution < 1.29 is 14.1 Å². The molecule has 8 heteroatoms. The van der Waals surface area contributed by atoms with E-state index in [2.05, 4.69) is 22.0 Å². The predicted octanol–water partition coefficient (Wildman–Crippen LogP) is 3.80. The second-order valence-corrected chi connectivity index (χ2v) is 7.12. The van der Waals surface area contributed by atoms with Crippen LogP contribution in [0.4, 0.5) is 10.2 Å². The number of fused-ring (bicyclic) bond motifs is 1. The maximum absolute atomic E-state index is 13.5. The van der Waals surface area contributed by atoms with E-state index >= 15 is 0 Å². The van der Waals surface area contributed by atoms with Crippen LogP contribution in [0, 0.1) is 22.9 Å². The number of imidazole rings is 1. The van der Waals surface area contributed by atoms with Crippen LogP contribution in [-0.4, -0.2) is 39.1 Å². The van der Waals surface area contributed by atoms with Gasteiger partial charge in [0.25, 0.3) is 0 Å². The van der Waals surface area contributed by atoms with Crippen LogP contribution in [0.2, 0.25) is 0 Å². The second-order valence-electron chi connectivity index (χ2n) is 7.12. The summed E-state index contributed by atoms with van der Waals surface area (Å²) in [7, 11) is 0. The highest BCUT2D eigenvalue weighted by Crippen LogP contribution is 2.23. The molecule has 29 heavy (non-hydrogen) atoms. The topological polar surface area (TPSA) is 73.4 Å². The zero-order chi connectivity index (χ0) is 20.4. The molecule has 0 saturated heterocycles. The molecule has 7 nitrogen and oxygen atoms in total. The lowest BCUT2D eigenvalue weighted by Gasteiger charge is -2.24. The first-order valence-electron chi connectivity index (χ1n) is 9.42. The number of aryl methyl sites for hydroxylation is 1. The molecule has 0 bridgehead atoms. The Balaban J connectivity index is 1.42. The molecule has 0 aliphatic carbocycles. The highest BCUT2D eigenvalue weighted by Gasteiger charge is 2.22. The number of benzene rings is 2. The average Bonchev–Trinajstić information content (AvgIpc) is 3.09. The number of ether oxygens (including phenoxy) is 1. The molecule has 2 aromatic carbocycles. The Bertz CT molecular complexity index is 1030. The standard InChI is InChI=1S/C21H21FN4O3/c1-15-12-18(6-7-19(15)22)17-4-2-16(3-5-17)13-24-8-9-25-14-20(26(27)28)23-21(25)29-11-10-24/h2-7,12,14H,8-11,13H2,1H3. The zero-order valence-corrected chi connectivity index (χ0v) is 16.0. The third-order valence-corrected chi connectivity index (χ3v) is 5.06. The van der Waals surface area contributed by atoms with E-state index in [0.29, 0.717) is 31.3 Å². The van der Waals surface area contributed by atoms with Gasteiger partial charge in [-0.1, -0.05) is 30.3 Å². The molecule has 0 atom stereocenters. The Morgan fingerprint density at radius 3 is 2.62 bits per heavy atom. The third kappa shape index (κ3) is 4.27. The Morgan fingerprint density at radius 1 is 1.14 bits per heavy atom. The summed E-state index contributed by atoms with van der Waals surface area (Å²) >= 11 is 0. The van der Waals surface area contributed by atoms with Crippen molar-refractivity contribution in [2.24, 2.45) is 0 Å². The maximum atomic E-state index is 13.5. The quantitative estimate of drug-likeness (QED) is 0.495. The van der Waals surface area contributed by atoms with Gasteiger partial charge >= 0.3 is 11.8 Å². The van der Waals surface area contributed by atoms with Gasteiger partial charge in [0.15, 0.2) is 0 Å². The van der Waals surface area contributed by atoms with Gasteiger partial charge in [0.05, 0.1) is 0 Å². The lowest BCUT2D eigenvalue weighted by molar-refractivity contribution is -0.389. The van der Waals surface area contributed by atoms with Crippen LogP contribution in [0.5, 0.6) is 6.01 Å². The molecular weight excluding hydrogens is 375 g/mol. The SMILES string of the molecule is Cc1cc(-c2ccc(CN3CCOc4nc([N+](=O)[O-])cn4CC3)cc2)ccc1F. The summed E-state index contributed by atoms with van der Waals surface area (Å²) < 4.78 is 20.8. The van der Waals surface area contributed by atoms with Crippen LogP contribution < -0.4 is 4.74 Å². The molecule has 0 radical (unpaired) electrons. The molecule has 1 aliphatic rings. The smallest absolute Gasteiger partial charge is 0.414 e. The normalized spacial score (nSPS) is 14.6. The number of hydrogen-bond acceptors (Lipinski definition) is 5. The predicted molar refractivity (Wildman–Crippen MR) is 106 cm³/mol. The van der Waals surface area contributed by atoms with Gasteiger partial charge in [-0.25, -0.2) is 4.39 Å². The summed E-state index contributed by atoms with van der Waals surface area (Å²) in [6.45, 7) is 4.95. The van der Waals surface area contributed by atoms with Crippen molar-refractivity contribution in [1.82, 2.24) is 14.5 Å². The summed E-state index contributed by atoms with van der Waals surface area (Å²) in [6.07, 6.45) is 1.41. The van der Waals surface area contributed by atoms with E-state index in [0.717, 1.165) is 29.8 Å². The molecule has 0 saturated carbocycles. The third-order valence-electron chi connectivity index (χ3n) is 5.06. The fourth-order valence-electron chi connectivity index (χ4n) is 3.42. The van der Waals surface area contributed by atoms with Gasteiger partial charge in [0, 0.05) is 31.2 Å². The van der Waals surface area contributed by atoms with E-state index in [4.69, 9.17) is 4.74 Å². The first kappa shape index (κ1) is 19.1. The van der Waals surface area contributed by atoms with Crippen molar-refractivity contribution in [3.05, 3.63) is 75.7 Å². The van der Waals surface area contributed by atoms with E-state index in [1.54, 1.807) is 17.6 Å². The first-order valence-corrected chi connectivity index (χ1v) is 9.42. The Morgan fingerprint density at radius 2 is 1.90 bits per heavy atom. The lowest BCUT2D eigenvalue weighted by atomic mass is 10.0. The van der Waals surface area contributed by atoms with Crippen LogP contribution in [0.1, 0.15) is 11.1 Å². The van der Waals surface area contributed by atoms with Crippen LogP contribution in [0.15, 0.2) is 48.7 Å². The van der Waals surface area contributed by atoms with Gasteiger partial charge in [-0.3, -0.25) is 9.47 Å². The number of hydrogen-bond donors (Lipinski definition) is 0. The second kappa shape index (κ2) is 8.00. The van der Waals surface area contributed by atoms with Crippen LogP contribution in [0.3, 0.4) is 0 Å².